The Bertz CT molecular complexity index is 275. The van der Waals surface area contributed by atoms with Gasteiger partial charge in [-0.1, -0.05) is 10.8 Å². The lowest BCUT2D eigenvalue weighted by atomic mass is 10.4. The number of benzene rings is 1. The highest BCUT2D eigenvalue weighted by Crippen LogP contribution is 2.25. The van der Waals surface area contributed by atoms with Crippen molar-refractivity contribution in [1.82, 2.24) is 0 Å². The molecule has 1 aromatic carbocycles. The third-order valence-corrected chi connectivity index (χ3v) is 2.86. The van der Waals surface area contributed by atoms with E-state index in [4.69, 9.17) is 0 Å². The van der Waals surface area contributed by atoms with Crippen LogP contribution in [0.2, 0.25) is 0 Å². The Hall–Kier alpha value is -0.330. The number of nitrogens with zero attached hydrogens (tertiary/aromatic N) is 1. The molecule has 0 aromatic heterocycles. The maximum Gasteiger partial charge on any atom is 0.265 e. The molecule has 0 saturated carbocycles. The minimum Gasteiger partial charge on any atom is -0.250 e. The molecule has 0 aliphatic heterocycles. The second-order valence-corrected chi connectivity index (χ2v) is 4.03. The molecule has 0 radical (unpaired) electrons. The van der Waals surface area contributed by atoms with E-state index in [1.54, 1.807) is 24.3 Å². The molecular formula is C6H5NO2S3. The van der Waals surface area contributed by atoms with Crippen molar-refractivity contribution in [2.75, 3.05) is 0 Å². The average molecular weight is 219 g/mol. The predicted octanol–water partition coefficient (Wildman–Crippen LogP) is 2.91. The van der Waals surface area contributed by atoms with Crippen LogP contribution in [0.1, 0.15) is 0 Å². The molecule has 0 heterocycles. The fourth-order valence-corrected chi connectivity index (χ4v) is 1.70. The molecule has 0 aliphatic carbocycles. The topological polar surface area (TPSA) is 43.1 Å². The van der Waals surface area contributed by atoms with Gasteiger partial charge in [0.2, 0.25) is 0 Å². The van der Waals surface area contributed by atoms with Crippen molar-refractivity contribution in [2.45, 2.75) is 9.79 Å². The maximum absolute atomic E-state index is 10.1. The summed E-state index contributed by atoms with van der Waals surface area (Å²) < 4.78 is -0.428. The molecule has 0 unspecified atom stereocenters. The van der Waals surface area contributed by atoms with E-state index in [9.17, 15) is 10.1 Å². The van der Waals surface area contributed by atoms with E-state index >= 15 is 0 Å². The normalized spacial score (nSPS) is 9.75. The van der Waals surface area contributed by atoms with Gasteiger partial charge < -0.3 is 0 Å². The highest BCUT2D eigenvalue weighted by molar-refractivity contribution is 8.68. The van der Waals surface area contributed by atoms with Crippen LogP contribution in [0.25, 0.3) is 0 Å². The number of nitro groups is 1. The summed E-state index contributed by atoms with van der Waals surface area (Å²) in [6.45, 7) is 0. The zero-order chi connectivity index (χ0) is 8.97. The zero-order valence-corrected chi connectivity index (χ0v) is 8.36. The van der Waals surface area contributed by atoms with Crippen LogP contribution in [0.5, 0.6) is 0 Å². The molecule has 0 aliphatic rings. The molecule has 1 aromatic rings. The van der Waals surface area contributed by atoms with E-state index < -0.39 is 4.33 Å². The summed E-state index contributed by atoms with van der Waals surface area (Å²) in [7, 11) is 1.31. The van der Waals surface area contributed by atoms with Crippen molar-refractivity contribution in [3.8, 4) is 0 Å². The monoisotopic (exact) mass is 219 g/mol. The van der Waals surface area contributed by atoms with Crippen LogP contribution in [-0.4, -0.2) is 4.33 Å². The van der Waals surface area contributed by atoms with E-state index in [1.807, 2.05) is 0 Å². The summed E-state index contributed by atoms with van der Waals surface area (Å²) >= 11 is 4.60. The lowest BCUT2D eigenvalue weighted by Gasteiger charge is -1.94. The van der Waals surface area contributed by atoms with Gasteiger partial charge in [-0.15, -0.1) is 11.7 Å². The van der Waals surface area contributed by atoms with Gasteiger partial charge in [0.15, 0.2) is 0 Å². The van der Waals surface area contributed by atoms with Gasteiger partial charge in [-0.25, -0.2) is 0 Å². The van der Waals surface area contributed by atoms with Crippen molar-refractivity contribution < 1.29 is 4.33 Å². The van der Waals surface area contributed by atoms with Gasteiger partial charge in [0.25, 0.3) is 11.9 Å². The molecule has 0 spiro atoms. The lowest BCUT2D eigenvalue weighted by Crippen LogP contribution is -1.82. The summed E-state index contributed by atoms with van der Waals surface area (Å²) in [5.74, 6) is 0. The maximum atomic E-state index is 10.1. The Morgan fingerprint density at radius 3 is 2.17 bits per heavy atom. The van der Waals surface area contributed by atoms with Crippen LogP contribution in [0, 0.1) is 10.1 Å². The van der Waals surface area contributed by atoms with Crippen LogP contribution in [0.4, 0.5) is 0 Å². The molecule has 3 nitrogen and oxygen atoms in total. The van der Waals surface area contributed by atoms with Crippen LogP contribution < -0.4 is 0 Å². The molecule has 64 valence electrons. The summed E-state index contributed by atoms with van der Waals surface area (Å²) in [6, 6.07) is 6.99. The van der Waals surface area contributed by atoms with Gasteiger partial charge in [0, 0.05) is 4.90 Å². The first kappa shape index (κ1) is 9.76. The van der Waals surface area contributed by atoms with Gasteiger partial charge >= 0.3 is 0 Å². The predicted molar refractivity (Wildman–Crippen MR) is 54.1 cm³/mol. The first-order valence-corrected chi connectivity index (χ1v) is 5.60. The van der Waals surface area contributed by atoms with E-state index in [0.717, 1.165) is 4.90 Å². The molecule has 0 fully saturated rings. The van der Waals surface area contributed by atoms with Crippen molar-refractivity contribution in [2.24, 2.45) is 0 Å². The number of thiol groups is 1. The van der Waals surface area contributed by atoms with Gasteiger partial charge in [-0.2, -0.15) is 0 Å². The molecule has 0 N–H and O–H groups in total. The Labute approximate surface area is 83.0 Å². The first-order valence-electron chi connectivity index (χ1n) is 2.96. The van der Waals surface area contributed by atoms with Crippen LogP contribution in [-0.2, 0) is 0 Å². The molecule has 0 amide bonds. The second-order valence-electron chi connectivity index (χ2n) is 1.88. The highest BCUT2D eigenvalue weighted by atomic mass is 33.1. The molecular weight excluding hydrogens is 214 g/mol. The van der Waals surface area contributed by atoms with Crippen molar-refractivity contribution in [3.05, 3.63) is 34.4 Å². The quantitative estimate of drug-likeness (QED) is 0.279. The number of hydrogen-bond donors (Lipinski definition) is 1. The van der Waals surface area contributed by atoms with E-state index in [0.29, 0.717) is 16.8 Å². The lowest BCUT2D eigenvalue weighted by molar-refractivity contribution is -0.284. The SMILES string of the molecule is O=[N+]([O-])Sc1ccc(SS)cc1. The molecule has 1 rings (SSSR count). The average Bonchev–Trinajstić information content (AvgIpc) is 2.05. The van der Waals surface area contributed by atoms with E-state index in [2.05, 4.69) is 11.7 Å². The summed E-state index contributed by atoms with van der Waals surface area (Å²) in [4.78, 5) is 11.7. The van der Waals surface area contributed by atoms with Crippen LogP contribution in [0.15, 0.2) is 34.1 Å². The van der Waals surface area contributed by atoms with Crippen molar-refractivity contribution in [1.29, 1.82) is 0 Å². The van der Waals surface area contributed by atoms with E-state index in [-0.39, 0.29) is 0 Å². The second kappa shape index (κ2) is 4.64. The Kier molecular flexibility index (Phi) is 3.77. The van der Waals surface area contributed by atoms with Gasteiger partial charge in [0.1, 0.15) is 4.33 Å². The fraction of sp³-hybridized carbons (Fsp3) is 0. The van der Waals surface area contributed by atoms with Crippen molar-refractivity contribution in [3.63, 3.8) is 0 Å². The van der Waals surface area contributed by atoms with Gasteiger partial charge in [-0.05, 0) is 24.3 Å². The number of rotatable bonds is 3. The molecule has 12 heavy (non-hydrogen) atoms. The first-order chi connectivity index (χ1) is 5.72. The van der Waals surface area contributed by atoms with Crippen LogP contribution >= 0.6 is 34.4 Å². The van der Waals surface area contributed by atoms with Crippen molar-refractivity contribution >= 4 is 34.4 Å². The summed E-state index contributed by atoms with van der Waals surface area (Å²) in [5.41, 5.74) is 0. The molecule has 0 saturated heterocycles. The standard InChI is InChI=1S/C6H5NO2S3/c8-7(9)11-5-1-3-6(12-10)4-2-5/h1-4,10H. The molecule has 0 atom stereocenters. The Morgan fingerprint density at radius 1 is 1.25 bits per heavy atom. The third-order valence-electron chi connectivity index (χ3n) is 1.11. The zero-order valence-electron chi connectivity index (χ0n) is 5.84. The molecule has 0 bridgehead atoms. The Balaban J connectivity index is 2.71. The third kappa shape index (κ3) is 2.96. The summed E-state index contributed by atoms with van der Waals surface area (Å²) in [5, 5.41) is 10.1. The highest BCUT2D eigenvalue weighted by Gasteiger charge is 2.03. The van der Waals surface area contributed by atoms with E-state index in [1.165, 1.54) is 10.8 Å². The largest absolute Gasteiger partial charge is 0.265 e. The van der Waals surface area contributed by atoms with Crippen LogP contribution in [0.3, 0.4) is 0 Å². The minimum atomic E-state index is -0.428. The summed E-state index contributed by atoms with van der Waals surface area (Å²) in [6.07, 6.45) is 0. The van der Waals surface area contributed by atoms with Gasteiger partial charge in [-0.3, -0.25) is 10.1 Å². The number of hydrogen-bond acceptors (Lipinski definition) is 5. The fourth-order valence-electron chi connectivity index (χ4n) is 0.647. The minimum absolute atomic E-state index is 0.428. The molecule has 6 heteroatoms. The van der Waals surface area contributed by atoms with Gasteiger partial charge in [0.05, 0.1) is 4.90 Å². The Morgan fingerprint density at radius 2 is 1.75 bits per heavy atom. The smallest absolute Gasteiger partial charge is 0.250 e.